The topological polar surface area (TPSA) is 99.4 Å². The van der Waals surface area contributed by atoms with Gasteiger partial charge in [-0.2, -0.15) is 4.98 Å². The van der Waals surface area contributed by atoms with Crippen molar-refractivity contribution in [2.75, 3.05) is 18.9 Å². The second-order valence-corrected chi connectivity index (χ2v) is 7.55. The number of anilines is 1. The van der Waals surface area contributed by atoms with Gasteiger partial charge in [-0.15, -0.1) is 0 Å². The Hall–Kier alpha value is -3.19. The fourth-order valence-corrected chi connectivity index (χ4v) is 3.46. The Morgan fingerprint density at radius 3 is 2.59 bits per heavy atom. The number of aromatic nitrogens is 2. The maximum atomic E-state index is 12.2. The summed E-state index contributed by atoms with van der Waals surface area (Å²) in [7, 11) is 0. The van der Waals surface area contributed by atoms with Crippen LogP contribution in [-0.4, -0.2) is 41.2 Å². The Labute approximate surface area is 168 Å². The van der Waals surface area contributed by atoms with Crippen molar-refractivity contribution in [1.29, 1.82) is 0 Å². The summed E-state index contributed by atoms with van der Waals surface area (Å²) in [5.74, 6) is 0.645. The fraction of sp³-hybridized carbons (Fsp3) is 0.318. The van der Waals surface area contributed by atoms with Crippen LogP contribution >= 0.6 is 0 Å². The molecule has 0 spiro atoms. The number of amides is 1. The fourth-order valence-electron chi connectivity index (χ4n) is 3.46. The molecule has 1 aliphatic carbocycles. The number of carbonyl (C=O) groups is 1. The van der Waals surface area contributed by atoms with E-state index in [1.54, 1.807) is 0 Å². The van der Waals surface area contributed by atoms with E-state index in [0.717, 1.165) is 41.3 Å². The molecule has 0 unspecified atom stereocenters. The lowest BCUT2D eigenvalue weighted by atomic mass is 10.0. The summed E-state index contributed by atoms with van der Waals surface area (Å²) in [5.41, 5.74) is 9.26. The number of carbonyl (C=O) groups excluding carboxylic acids is 1. The molecule has 1 saturated carbocycles. The van der Waals surface area contributed by atoms with Crippen molar-refractivity contribution in [3.05, 3.63) is 48.0 Å². The first-order chi connectivity index (χ1) is 14.2. The molecular weight excluding hydrogens is 368 g/mol. The van der Waals surface area contributed by atoms with E-state index in [2.05, 4.69) is 15.3 Å². The molecule has 2 heterocycles. The smallest absolute Gasteiger partial charge is 0.251 e. The molecule has 1 atom stereocenters. The van der Waals surface area contributed by atoms with Crippen LogP contribution in [0.15, 0.2) is 42.5 Å². The van der Waals surface area contributed by atoms with Crippen LogP contribution in [0.2, 0.25) is 0 Å². The van der Waals surface area contributed by atoms with Gasteiger partial charge in [0.15, 0.2) is 0 Å². The van der Waals surface area contributed by atoms with Crippen LogP contribution in [0.3, 0.4) is 0 Å². The number of nitrogen functional groups attached to an aromatic ring is 1. The van der Waals surface area contributed by atoms with Crippen LogP contribution in [0, 0.1) is 0 Å². The van der Waals surface area contributed by atoms with Gasteiger partial charge in [0.05, 0.1) is 24.1 Å². The zero-order valence-corrected chi connectivity index (χ0v) is 15.9. The SMILES string of the molecule is Nc1nc(O[C@H]2CCOC2)c2cc(-c3ccc(C(=O)NC4CC4)cc3)ccc2n1. The van der Waals surface area contributed by atoms with Crippen LogP contribution in [0.5, 0.6) is 5.88 Å². The number of benzene rings is 2. The van der Waals surface area contributed by atoms with Crippen LogP contribution in [0.4, 0.5) is 5.95 Å². The van der Waals surface area contributed by atoms with Gasteiger partial charge in [-0.25, -0.2) is 4.98 Å². The Balaban J connectivity index is 1.45. The Bertz CT molecular complexity index is 1060. The maximum absolute atomic E-state index is 12.2. The predicted molar refractivity (Wildman–Crippen MR) is 110 cm³/mol. The van der Waals surface area contributed by atoms with Crippen molar-refractivity contribution in [3.8, 4) is 17.0 Å². The molecule has 29 heavy (non-hydrogen) atoms. The Morgan fingerprint density at radius 2 is 1.86 bits per heavy atom. The molecule has 0 bridgehead atoms. The summed E-state index contributed by atoms with van der Waals surface area (Å²) in [6, 6.07) is 13.8. The van der Waals surface area contributed by atoms with Crippen molar-refractivity contribution in [2.24, 2.45) is 0 Å². The highest BCUT2D eigenvalue weighted by Crippen LogP contribution is 2.30. The Kier molecular flexibility index (Phi) is 4.52. The minimum absolute atomic E-state index is 0.0177. The lowest BCUT2D eigenvalue weighted by Gasteiger charge is -2.14. The summed E-state index contributed by atoms with van der Waals surface area (Å²) in [4.78, 5) is 20.8. The first-order valence-corrected chi connectivity index (χ1v) is 9.89. The third-order valence-electron chi connectivity index (χ3n) is 5.24. The zero-order chi connectivity index (χ0) is 19.8. The average molecular weight is 390 g/mol. The maximum Gasteiger partial charge on any atom is 0.251 e. The number of nitrogens with two attached hydrogens (primary N) is 1. The highest BCUT2D eigenvalue weighted by Gasteiger charge is 2.24. The lowest BCUT2D eigenvalue weighted by Crippen LogP contribution is -2.25. The second-order valence-electron chi connectivity index (χ2n) is 7.55. The average Bonchev–Trinajstić information content (AvgIpc) is 3.39. The van der Waals surface area contributed by atoms with E-state index >= 15 is 0 Å². The van der Waals surface area contributed by atoms with Crippen molar-refractivity contribution in [1.82, 2.24) is 15.3 Å². The molecule has 2 aliphatic rings. The molecule has 1 aliphatic heterocycles. The van der Waals surface area contributed by atoms with Crippen LogP contribution in [-0.2, 0) is 4.74 Å². The number of hydrogen-bond donors (Lipinski definition) is 2. The molecule has 5 rings (SSSR count). The van der Waals surface area contributed by atoms with Crippen molar-refractivity contribution < 1.29 is 14.3 Å². The summed E-state index contributed by atoms with van der Waals surface area (Å²) in [6.45, 7) is 1.24. The quantitative estimate of drug-likeness (QED) is 0.695. The van der Waals surface area contributed by atoms with Crippen LogP contribution in [0.25, 0.3) is 22.0 Å². The molecular formula is C22H22N4O3. The van der Waals surface area contributed by atoms with E-state index in [-0.39, 0.29) is 18.0 Å². The van der Waals surface area contributed by atoms with E-state index in [1.807, 2.05) is 42.5 Å². The molecule has 0 radical (unpaired) electrons. The van der Waals surface area contributed by atoms with Crippen molar-refractivity contribution >= 4 is 22.8 Å². The van der Waals surface area contributed by atoms with Crippen LogP contribution in [0.1, 0.15) is 29.6 Å². The van der Waals surface area contributed by atoms with Gasteiger partial charge < -0.3 is 20.5 Å². The second kappa shape index (κ2) is 7.33. The van der Waals surface area contributed by atoms with Gasteiger partial charge in [-0.1, -0.05) is 18.2 Å². The molecule has 7 nitrogen and oxygen atoms in total. The number of nitrogens with one attached hydrogen (secondary N) is 1. The van der Waals surface area contributed by atoms with Crippen molar-refractivity contribution in [3.63, 3.8) is 0 Å². The number of hydrogen-bond acceptors (Lipinski definition) is 6. The van der Waals surface area contributed by atoms with E-state index in [1.165, 1.54) is 0 Å². The standard InChI is InChI=1S/C22H22N4O3/c23-22-25-19-8-5-15(11-18(19)21(26-22)29-17-9-10-28-12-17)13-1-3-14(4-2-13)20(27)24-16-6-7-16/h1-5,8,11,16-17H,6-7,9-10,12H2,(H,24,27)(H2,23,25,26)/t17-/m0/s1. The van der Waals surface area contributed by atoms with Gasteiger partial charge in [-0.3, -0.25) is 4.79 Å². The summed E-state index contributed by atoms with van der Waals surface area (Å²) >= 11 is 0. The lowest BCUT2D eigenvalue weighted by molar-refractivity contribution is 0.0951. The van der Waals surface area contributed by atoms with E-state index < -0.39 is 0 Å². The number of ether oxygens (including phenoxy) is 2. The van der Waals surface area contributed by atoms with E-state index in [9.17, 15) is 4.79 Å². The number of rotatable bonds is 5. The zero-order valence-electron chi connectivity index (χ0n) is 15.9. The van der Waals surface area contributed by atoms with Gasteiger partial charge >= 0.3 is 0 Å². The number of fused-ring (bicyclic) bond motifs is 1. The molecule has 2 aromatic carbocycles. The van der Waals surface area contributed by atoms with Gasteiger partial charge in [0.25, 0.3) is 5.91 Å². The first kappa shape index (κ1) is 17.9. The molecule has 1 aromatic heterocycles. The minimum Gasteiger partial charge on any atom is -0.471 e. The van der Waals surface area contributed by atoms with Gasteiger partial charge in [0.1, 0.15) is 6.10 Å². The summed E-state index contributed by atoms with van der Waals surface area (Å²) in [5, 5.41) is 3.81. The molecule has 3 N–H and O–H groups in total. The van der Waals surface area contributed by atoms with Crippen LogP contribution < -0.4 is 15.8 Å². The molecule has 2 fully saturated rings. The van der Waals surface area contributed by atoms with E-state index in [0.29, 0.717) is 30.7 Å². The summed E-state index contributed by atoms with van der Waals surface area (Å²) < 4.78 is 11.4. The Morgan fingerprint density at radius 1 is 1.07 bits per heavy atom. The molecule has 3 aromatic rings. The highest BCUT2D eigenvalue weighted by molar-refractivity contribution is 5.95. The third-order valence-corrected chi connectivity index (χ3v) is 5.24. The molecule has 1 saturated heterocycles. The predicted octanol–water partition coefficient (Wildman–Crippen LogP) is 2.94. The largest absolute Gasteiger partial charge is 0.471 e. The molecule has 7 heteroatoms. The molecule has 1 amide bonds. The highest BCUT2D eigenvalue weighted by atomic mass is 16.5. The monoisotopic (exact) mass is 390 g/mol. The normalized spacial score (nSPS) is 18.7. The first-order valence-electron chi connectivity index (χ1n) is 9.89. The summed E-state index contributed by atoms with van der Waals surface area (Å²) in [6.07, 6.45) is 2.95. The van der Waals surface area contributed by atoms with Gasteiger partial charge in [0.2, 0.25) is 11.8 Å². The van der Waals surface area contributed by atoms with E-state index in [4.69, 9.17) is 15.2 Å². The van der Waals surface area contributed by atoms with Gasteiger partial charge in [0, 0.05) is 18.0 Å². The number of nitrogens with zero attached hydrogens (tertiary/aromatic N) is 2. The minimum atomic E-state index is -0.0274. The van der Waals surface area contributed by atoms with Crippen molar-refractivity contribution in [2.45, 2.75) is 31.4 Å². The molecule has 148 valence electrons. The van der Waals surface area contributed by atoms with Gasteiger partial charge in [-0.05, 0) is 48.2 Å². The third kappa shape index (κ3) is 3.86.